The third-order valence-corrected chi connectivity index (χ3v) is 6.57. The molecular weight excluding hydrogens is 490 g/mol. The molecular formula is C32H43N3O4. The Morgan fingerprint density at radius 3 is 2.05 bits per heavy atom. The lowest BCUT2D eigenvalue weighted by Crippen LogP contribution is -2.60. The number of carbonyl (C=O) groups is 3. The van der Waals surface area contributed by atoms with Crippen molar-refractivity contribution in [3.8, 4) is 12.3 Å². The van der Waals surface area contributed by atoms with Gasteiger partial charge in [0.15, 0.2) is 0 Å². The molecule has 0 aliphatic carbocycles. The molecule has 7 heteroatoms. The quantitative estimate of drug-likeness (QED) is 0.390. The van der Waals surface area contributed by atoms with E-state index in [1.54, 1.807) is 49.9 Å². The monoisotopic (exact) mass is 533 g/mol. The second-order valence-electron chi connectivity index (χ2n) is 11.6. The average molecular weight is 534 g/mol. The Kier molecular flexibility index (Phi) is 10.7. The zero-order valence-electron chi connectivity index (χ0n) is 24.5. The first-order valence-electron chi connectivity index (χ1n) is 13.4. The van der Waals surface area contributed by atoms with Crippen molar-refractivity contribution >= 4 is 17.9 Å². The van der Waals surface area contributed by atoms with Crippen molar-refractivity contribution in [1.82, 2.24) is 15.5 Å². The fourth-order valence-electron chi connectivity index (χ4n) is 4.10. The summed E-state index contributed by atoms with van der Waals surface area (Å²) in [7, 11) is 0. The molecule has 2 unspecified atom stereocenters. The van der Waals surface area contributed by atoms with E-state index in [1.807, 2.05) is 65.0 Å². The van der Waals surface area contributed by atoms with Crippen LogP contribution in [0.25, 0.3) is 0 Å². The molecule has 0 saturated carbocycles. The highest BCUT2D eigenvalue weighted by Gasteiger charge is 2.43. The Hall–Kier alpha value is -3.79. The molecule has 0 fully saturated rings. The van der Waals surface area contributed by atoms with E-state index in [0.29, 0.717) is 24.1 Å². The number of hydrogen-bond acceptors (Lipinski definition) is 4. The minimum atomic E-state index is -0.968. The molecule has 2 atom stereocenters. The summed E-state index contributed by atoms with van der Waals surface area (Å²) in [6, 6.07) is 14.8. The SMILES string of the molecule is C#Cc1ccc(C(C(=O)NCc2ccccc2)N(C(=O)C(NC(=O)OC(C)(C)C)C(C)C)C(C)(C)CC)cc1. The van der Waals surface area contributed by atoms with Crippen molar-refractivity contribution in [1.29, 1.82) is 0 Å². The van der Waals surface area contributed by atoms with Crippen molar-refractivity contribution in [2.45, 2.75) is 91.6 Å². The van der Waals surface area contributed by atoms with Crippen LogP contribution in [-0.2, 0) is 20.9 Å². The second kappa shape index (κ2) is 13.3. The maximum Gasteiger partial charge on any atom is 0.408 e. The van der Waals surface area contributed by atoms with Gasteiger partial charge in [0.1, 0.15) is 17.7 Å². The van der Waals surface area contributed by atoms with E-state index < -0.39 is 29.3 Å². The molecule has 0 spiro atoms. The molecule has 0 aliphatic heterocycles. The molecule has 0 heterocycles. The number of terminal acetylenes is 1. The normalized spacial score (nSPS) is 13.1. The van der Waals surface area contributed by atoms with Gasteiger partial charge in [0.25, 0.3) is 0 Å². The van der Waals surface area contributed by atoms with Gasteiger partial charge in [-0.25, -0.2) is 4.79 Å². The van der Waals surface area contributed by atoms with Crippen molar-refractivity contribution in [2.75, 3.05) is 0 Å². The van der Waals surface area contributed by atoms with E-state index in [0.717, 1.165) is 5.56 Å². The van der Waals surface area contributed by atoms with Crippen LogP contribution in [0.15, 0.2) is 54.6 Å². The first kappa shape index (κ1) is 31.4. The largest absolute Gasteiger partial charge is 0.444 e. The molecule has 2 aromatic carbocycles. The standard InChI is InChI=1S/C32H43N3O4/c1-10-23-17-19-25(20-18-23)27(28(36)33-21-24-15-13-12-14-16-24)35(32(8,9)11-2)29(37)26(22(3)4)34-30(38)39-31(5,6)7/h1,12-20,22,26-27H,11,21H2,2-9H3,(H,33,36)(H,34,38). The number of alkyl carbamates (subject to hydrolysis) is 1. The molecule has 0 radical (unpaired) electrons. The van der Waals surface area contributed by atoms with Crippen LogP contribution >= 0.6 is 0 Å². The average Bonchev–Trinajstić information content (AvgIpc) is 2.88. The molecule has 0 bridgehead atoms. The fraction of sp³-hybridized carbons (Fsp3) is 0.469. The molecule has 7 nitrogen and oxygen atoms in total. The smallest absolute Gasteiger partial charge is 0.408 e. The Morgan fingerprint density at radius 2 is 1.56 bits per heavy atom. The zero-order chi connectivity index (χ0) is 29.4. The first-order chi connectivity index (χ1) is 18.2. The molecule has 2 rings (SSSR count). The van der Waals surface area contributed by atoms with E-state index in [2.05, 4.69) is 16.6 Å². The van der Waals surface area contributed by atoms with Crippen molar-refractivity contribution in [3.05, 3.63) is 71.3 Å². The van der Waals surface area contributed by atoms with Gasteiger partial charge in [0, 0.05) is 17.6 Å². The highest BCUT2D eigenvalue weighted by atomic mass is 16.6. The lowest BCUT2D eigenvalue weighted by molar-refractivity contribution is -0.150. The van der Waals surface area contributed by atoms with Crippen LogP contribution in [0.4, 0.5) is 4.79 Å². The molecule has 0 aromatic heterocycles. The van der Waals surface area contributed by atoms with E-state index >= 15 is 0 Å². The van der Waals surface area contributed by atoms with Crippen molar-refractivity contribution in [3.63, 3.8) is 0 Å². The van der Waals surface area contributed by atoms with Gasteiger partial charge in [0.2, 0.25) is 11.8 Å². The Bertz CT molecular complexity index is 1160. The highest BCUT2D eigenvalue weighted by molar-refractivity contribution is 5.92. The number of nitrogens with zero attached hydrogens (tertiary/aromatic N) is 1. The number of carbonyl (C=O) groups excluding carboxylic acids is 3. The predicted molar refractivity (Wildman–Crippen MR) is 155 cm³/mol. The van der Waals surface area contributed by atoms with Crippen LogP contribution in [0, 0.1) is 18.3 Å². The minimum Gasteiger partial charge on any atom is -0.444 e. The van der Waals surface area contributed by atoms with Gasteiger partial charge in [-0.3, -0.25) is 9.59 Å². The summed E-state index contributed by atoms with van der Waals surface area (Å²) in [5.74, 6) is 1.62. The van der Waals surface area contributed by atoms with E-state index in [9.17, 15) is 14.4 Å². The fourth-order valence-corrected chi connectivity index (χ4v) is 4.10. The molecule has 3 amide bonds. The molecule has 2 aromatic rings. The molecule has 0 saturated heterocycles. The maximum atomic E-state index is 14.4. The van der Waals surface area contributed by atoms with Crippen LogP contribution < -0.4 is 10.6 Å². The summed E-state index contributed by atoms with van der Waals surface area (Å²) in [6.07, 6.45) is 5.45. The van der Waals surface area contributed by atoms with Crippen LogP contribution in [-0.4, -0.2) is 40.0 Å². The Morgan fingerprint density at radius 1 is 0.974 bits per heavy atom. The van der Waals surface area contributed by atoms with Crippen LogP contribution in [0.1, 0.15) is 84.5 Å². The van der Waals surface area contributed by atoms with Gasteiger partial charge in [0.05, 0.1) is 0 Å². The summed E-state index contributed by atoms with van der Waals surface area (Å²) in [5, 5.41) is 5.77. The molecule has 39 heavy (non-hydrogen) atoms. The number of benzene rings is 2. The third-order valence-electron chi connectivity index (χ3n) is 6.57. The number of nitrogens with one attached hydrogen (secondary N) is 2. The van der Waals surface area contributed by atoms with Crippen molar-refractivity contribution < 1.29 is 19.1 Å². The topological polar surface area (TPSA) is 87.7 Å². The summed E-state index contributed by atoms with van der Waals surface area (Å²) >= 11 is 0. The summed E-state index contributed by atoms with van der Waals surface area (Å²) in [4.78, 5) is 42.6. The van der Waals surface area contributed by atoms with Crippen LogP contribution in [0.5, 0.6) is 0 Å². The molecule has 210 valence electrons. The summed E-state index contributed by atoms with van der Waals surface area (Å²) in [6.45, 7) is 15.1. The summed E-state index contributed by atoms with van der Waals surface area (Å²) < 4.78 is 5.45. The lowest BCUT2D eigenvalue weighted by atomic mass is 9.90. The number of hydrogen-bond donors (Lipinski definition) is 2. The van der Waals surface area contributed by atoms with Gasteiger partial charge in [-0.05, 0) is 70.2 Å². The van der Waals surface area contributed by atoms with Gasteiger partial charge < -0.3 is 20.3 Å². The Balaban J connectivity index is 2.57. The molecule has 0 aliphatic rings. The predicted octanol–water partition coefficient (Wildman–Crippen LogP) is 5.59. The van der Waals surface area contributed by atoms with E-state index in [-0.39, 0.29) is 17.7 Å². The number of ether oxygens (including phenoxy) is 1. The summed E-state index contributed by atoms with van der Waals surface area (Å²) in [5.41, 5.74) is 0.761. The van der Waals surface area contributed by atoms with Crippen LogP contribution in [0.2, 0.25) is 0 Å². The number of rotatable bonds is 10. The van der Waals surface area contributed by atoms with Gasteiger partial charge in [-0.2, -0.15) is 0 Å². The second-order valence-corrected chi connectivity index (χ2v) is 11.6. The van der Waals surface area contributed by atoms with Gasteiger partial charge in [-0.1, -0.05) is 69.2 Å². The zero-order valence-corrected chi connectivity index (χ0v) is 24.5. The third kappa shape index (κ3) is 8.88. The first-order valence-corrected chi connectivity index (χ1v) is 13.4. The number of amides is 3. The van der Waals surface area contributed by atoms with E-state index in [4.69, 9.17) is 11.2 Å². The van der Waals surface area contributed by atoms with Gasteiger partial charge >= 0.3 is 6.09 Å². The van der Waals surface area contributed by atoms with Gasteiger partial charge in [-0.15, -0.1) is 6.42 Å². The highest BCUT2D eigenvalue weighted by Crippen LogP contribution is 2.33. The van der Waals surface area contributed by atoms with Crippen LogP contribution in [0.3, 0.4) is 0 Å². The molecule has 2 N–H and O–H groups in total. The maximum absolute atomic E-state index is 14.4. The lowest BCUT2D eigenvalue weighted by Gasteiger charge is -2.45. The van der Waals surface area contributed by atoms with E-state index in [1.165, 1.54) is 0 Å². The Labute approximate surface area is 233 Å². The van der Waals surface area contributed by atoms with Crippen molar-refractivity contribution in [2.24, 2.45) is 5.92 Å². The minimum absolute atomic E-state index is 0.267.